The Bertz CT molecular complexity index is 398. The molecule has 2 rings (SSSR count). The lowest BCUT2D eigenvalue weighted by Crippen LogP contribution is -2.17. The second-order valence-electron chi connectivity index (χ2n) is 3.36. The van der Waals surface area contributed by atoms with Gasteiger partial charge in [-0.15, -0.1) is 0 Å². The molecule has 0 aliphatic heterocycles. The van der Waals surface area contributed by atoms with Crippen LogP contribution < -0.4 is 0 Å². The van der Waals surface area contributed by atoms with Gasteiger partial charge in [0, 0.05) is 0 Å². The molecule has 1 aromatic rings. The van der Waals surface area contributed by atoms with Gasteiger partial charge in [-0.2, -0.15) is 5.26 Å². The third kappa shape index (κ3) is 0.990. The van der Waals surface area contributed by atoms with Crippen molar-refractivity contribution in [2.24, 2.45) is 0 Å². The smallest absolute Gasteiger partial charge is 0.101 e. The zero-order chi connectivity index (χ0) is 9.31. The van der Waals surface area contributed by atoms with Crippen molar-refractivity contribution in [2.45, 2.75) is 18.8 Å². The third-order valence-corrected chi connectivity index (χ3v) is 2.75. The number of nitrogens with zero attached hydrogens (tertiary/aromatic N) is 1. The molecule has 1 aliphatic rings. The standard InChI is InChI=1S/C12H11N/c1-2-12(9-13)8-7-10-5-3-4-6-11(10)12/h3-8H,2H2,1H3. The van der Waals surface area contributed by atoms with Crippen LogP contribution in [0, 0.1) is 11.3 Å². The van der Waals surface area contributed by atoms with Crippen LogP contribution >= 0.6 is 0 Å². The molecular formula is C12H11N. The zero-order valence-electron chi connectivity index (χ0n) is 7.62. The number of rotatable bonds is 1. The van der Waals surface area contributed by atoms with Crippen LogP contribution in [-0.4, -0.2) is 0 Å². The van der Waals surface area contributed by atoms with E-state index in [9.17, 15) is 0 Å². The van der Waals surface area contributed by atoms with Crippen LogP contribution in [0.5, 0.6) is 0 Å². The van der Waals surface area contributed by atoms with Crippen LogP contribution in [0.4, 0.5) is 0 Å². The molecule has 1 unspecified atom stereocenters. The highest BCUT2D eigenvalue weighted by Gasteiger charge is 2.32. The summed E-state index contributed by atoms with van der Waals surface area (Å²) in [5.41, 5.74) is 1.97. The molecule has 0 saturated heterocycles. The molecule has 1 aromatic carbocycles. The van der Waals surface area contributed by atoms with Gasteiger partial charge in [-0.25, -0.2) is 0 Å². The fraction of sp³-hybridized carbons (Fsp3) is 0.250. The quantitative estimate of drug-likeness (QED) is 0.634. The Labute approximate surface area is 78.3 Å². The van der Waals surface area contributed by atoms with Crippen molar-refractivity contribution in [3.05, 3.63) is 41.5 Å². The third-order valence-electron chi connectivity index (χ3n) is 2.75. The predicted octanol–water partition coefficient (Wildman–Crippen LogP) is 2.88. The van der Waals surface area contributed by atoms with E-state index in [1.165, 1.54) is 5.56 Å². The van der Waals surface area contributed by atoms with Crippen molar-refractivity contribution >= 4 is 6.08 Å². The van der Waals surface area contributed by atoms with Gasteiger partial charge in [-0.3, -0.25) is 0 Å². The molecular weight excluding hydrogens is 158 g/mol. The molecule has 0 aromatic heterocycles. The number of fused-ring (bicyclic) bond motifs is 1. The van der Waals surface area contributed by atoms with Gasteiger partial charge in [-0.1, -0.05) is 43.3 Å². The van der Waals surface area contributed by atoms with E-state index >= 15 is 0 Å². The van der Waals surface area contributed by atoms with Gasteiger partial charge in [0.25, 0.3) is 0 Å². The van der Waals surface area contributed by atoms with Gasteiger partial charge in [0.05, 0.1) is 6.07 Å². The van der Waals surface area contributed by atoms with E-state index in [2.05, 4.69) is 19.1 Å². The first-order valence-corrected chi connectivity index (χ1v) is 4.52. The van der Waals surface area contributed by atoms with E-state index in [4.69, 9.17) is 5.26 Å². The molecule has 0 spiro atoms. The normalized spacial score (nSPS) is 24.0. The molecule has 1 nitrogen and oxygen atoms in total. The van der Waals surface area contributed by atoms with Crippen LogP contribution in [0.2, 0.25) is 0 Å². The Morgan fingerprint density at radius 2 is 2.15 bits per heavy atom. The number of nitriles is 1. The lowest BCUT2D eigenvalue weighted by Gasteiger charge is -2.18. The average Bonchev–Trinajstić information content (AvgIpc) is 2.58. The minimum absolute atomic E-state index is 0.364. The summed E-state index contributed by atoms with van der Waals surface area (Å²) in [4.78, 5) is 0. The van der Waals surface area contributed by atoms with Crippen molar-refractivity contribution < 1.29 is 0 Å². The van der Waals surface area contributed by atoms with Gasteiger partial charge < -0.3 is 0 Å². The summed E-state index contributed by atoms with van der Waals surface area (Å²) in [5, 5.41) is 9.16. The fourth-order valence-electron chi connectivity index (χ4n) is 1.86. The summed E-state index contributed by atoms with van der Waals surface area (Å²) in [6, 6.07) is 10.5. The van der Waals surface area contributed by atoms with E-state index in [1.807, 2.05) is 30.4 Å². The van der Waals surface area contributed by atoms with Crippen molar-refractivity contribution in [2.75, 3.05) is 0 Å². The molecule has 13 heavy (non-hydrogen) atoms. The lowest BCUT2D eigenvalue weighted by atomic mass is 9.82. The summed E-state index contributed by atoms with van der Waals surface area (Å²) in [6.45, 7) is 2.05. The number of allylic oxidation sites excluding steroid dienone is 1. The van der Waals surface area contributed by atoms with Gasteiger partial charge in [-0.05, 0) is 17.5 Å². The van der Waals surface area contributed by atoms with Crippen LogP contribution in [0.1, 0.15) is 24.5 Å². The predicted molar refractivity (Wildman–Crippen MR) is 53.1 cm³/mol. The van der Waals surface area contributed by atoms with E-state index in [0.29, 0.717) is 0 Å². The second kappa shape index (κ2) is 2.74. The van der Waals surface area contributed by atoms with Gasteiger partial charge in [0.2, 0.25) is 0 Å². The topological polar surface area (TPSA) is 23.8 Å². The first-order chi connectivity index (χ1) is 6.32. The van der Waals surface area contributed by atoms with Crippen LogP contribution in [0.3, 0.4) is 0 Å². The molecule has 0 N–H and O–H groups in total. The molecule has 0 fully saturated rings. The highest BCUT2D eigenvalue weighted by atomic mass is 14.4. The van der Waals surface area contributed by atoms with Crippen LogP contribution in [0.15, 0.2) is 30.3 Å². The van der Waals surface area contributed by atoms with E-state index in [-0.39, 0.29) is 5.41 Å². The molecule has 0 heterocycles. The minimum atomic E-state index is -0.364. The van der Waals surface area contributed by atoms with Crippen molar-refractivity contribution in [3.63, 3.8) is 0 Å². The molecule has 0 saturated carbocycles. The summed E-state index contributed by atoms with van der Waals surface area (Å²) in [7, 11) is 0. The Morgan fingerprint density at radius 3 is 2.85 bits per heavy atom. The van der Waals surface area contributed by atoms with Crippen LogP contribution in [0.25, 0.3) is 6.08 Å². The Balaban J connectivity index is 2.61. The SMILES string of the molecule is CCC1(C#N)C=Cc2ccccc21. The zero-order valence-corrected chi connectivity index (χ0v) is 7.62. The molecule has 1 atom stereocenters. The largest absolute Gasteiger partial charge is 0.197 e. The molecule has 64 valence electrons. The molecule has 0 radical (unpaired) electrons. The minimum Gasteiger partial charge on any atom is -0.197 e. The van der Waals surface area contributed by atoms with Gasteiger partial charge in [0.1, 0.15) is 5.41 Å². The molecule has 0 bridgehead atoms. The summed E-state index contributed by atoms with van der Waals surface area (Å²) in [5.74, 6) is 0. The maximum absolute atomic E-state index is 9.16. The number of hydrogen-bond donors (Lipinski definition) is 0. The molecule has 1 aliphatic carbocycles. The monoisotopic (exact) mass is 169 g/mol. The Kier molecular flexibility index (Phi) is 1.70. The van der Waals surface area contributed by atoms with E-state index in [0.717, 1.165) is 12.0 Å². The van der Waals surface area contributed by atoms with Crippen LogP contribution in [-0.2, 0) is 5.41 Å². The van der Waals surface area contributed by atoms with Crippen molar-refractivity contribution in [1.29, 1.82) is 5.26 Å². The number of hydrogen-bond acceptors (Lipinski definition) is 1. The Morgan fingerprint density at radius 1 is 1.38 bits per heavy atom. The summed E-state index contributed by atoms with van der Waals surface area (Å²) >= 11 is 0. The van der Waals surface area contributed by atoms with E-state index in [1.54, 1.807) is 0 Å². The highest BCUT2D eigenvalue weighted by molar-refractivity contribution is 5.67. The molecule has 0 amide bonds. The van der Waals surface area contributed by atoms with Gasteiger partial charge in [0.15, 0.2) is 0 Å². The maximum atomic E-state index is 9.16. The fourth-order valence-corrected chi connectivity index (χ4v) is 1.86. The summed E-state index contributed by atoms with van der Waals surface area (Å²) in [6.07, 6.45) is 4.90. The summed E-state index contributed by atoms with van der Waals surface area (Å²) < 4.78 is 0. The lowest BCUT2D eigenvalue weighted by molar-refractivity contribution is 0.668. The van der Waals surface area contributed by atoms with Gasteiger partial charge >= 0.3 is 0 Å². The maximum Gasteiger partial charge on any atom is 0.101 e. The van der Waals surface area contributed by atoms with Crippen molar-refractivity contribution in [1.82, 2.24) is 0 Å². The van der Waals surface area contributed by atoms with E-state index < -0.39 is 0 Å². The molecule has 1 heteroatoms. The second-order valence-corrected chi connectivity index (χ2v) is 3.36. The van der Waals surface area contributed by atoms with Crippen molar-refractivity contribution in [3.8, 4) is 6.07 Å². The first-order valence-electron chi connectivity index (χ1n) is 4.52. The Hall–Kier alpha value is -1.55. The number of benzene rings is 1. The highest BCUT2D eigenvalue weighted by Crippen LogP contribution is 2.37. The first kappa shape index (κ1) is 8.07. The average molecular weight is 169 g/mol.